The van der Waals surface area contributed by atoms with Gasteiger partial charge in [-0.25, -0.2) is 0 Å². The maximum atomic E-state index is 12.8. The van der Waals surface area contributed by atoms with Gasteiger partial charge in [-0.3, -0.25) is 14.5 Å². The molecule has 3 aliphatic heterocycles. The van der Waals surface area contributed by atoms with E-state index < -0.39 is 0 Å². The molecule has 25 heavy (non-hydrogen) atoms. The van der Waals surface area contributed by atoms with Gasteiger partial charge >= 0.3 is 5.97 Å². The van der Waals surface area contributed by atoms with Gasteiger partial charge < -0.3 is 9.64 Å². The van der Waals surface area contributed by atoms with Crippen LogP contribution in [0, 0.1) is 16.7 Å². The number of nitrogens with zero attached hydrogens (tertiary/aromatic N) is 3. The van der Waals surface area contributed by atoms with E-state index in [-0.39, 0.29) is 35.7 Å². The molecule has 134 valence electrons. The lowest BCUT2D eigenvalue weighted by atomic mass is 9.77. The second-order valence-corrected chi connectivity index (χ2v) is 7.64. The predicted octanol–water partition coefficient (Wildman–Crippen LogP) is 2.18. The molecule has 4 rings (SSSR count). The highest BCUT2D eigenvalue weighted by Gasteiger charge is 2.48. The zero-order valence-electron chi connectivity index (χ0n) is 13.8. The van der Waals surface area contributed by atoms with Crippen LogP contribution >= 0.6 is 23.7 Å². The molecule has 6 nitrogen and oxygen atoms in total. The van der Waals surface area contributed by atoms with Gasteiger partial charge in [0.05, 0.1) is 23.6 Å². The summed E-state index contributed by atoms with van der Waals surface area (Å²) >= 11 is 1.44. The molecule has 0 N–H and O–H groups in total. The van der Waals surface area contributed by atoms with Crippen molar-refractivity contribution in [3.05, 3.63) is 17.0 Å². The average molecular weight is 382 g/mol. The zero-order chi connectivity index (χ0) is 16.7. The van der Waals surface area contributed by atoms with E-state index in [1.165, 1.54) is 11.3 Å². The molecule has 3 saturated heterocycles. The predicted molar refractivity (Wildman–Crippen MR) is 95.9 cm³/mol. The highest BCUT2D eigenvalue weighted by molar-refractivity contribution is 7.14. The number of esters is 1. The van der Waals surface area contributed by atoms with E-state index in [0.717, 1.165) is 43.8 Å². The molecule has 1 spiro atoms. The van der Waals surface area contributed by atoms with Crippen molar-refractivity contribution in [3.8, 4) is 6.07 Å². The molecule has 1 unspecified atom stereocenters. The Balaban J connectivity index is 0.00000182. The molecule has 1 aromatic rings. The smallest absolute Gasteiger partial charge is 0.312 e. The topological polar surface area (TPSA) is 73.6 Å². The maximum Gasteiger partial charge on any atom is 0.312 e. The minimum Gasteiger partial charge on any atom is -0.465 e. The van der Waals surface area contributed by atoms with E-state index in [4.69, 9.17) is 4.74 Å². The van der Waals surface area contributed by atoms with Crippen LogP contribution in [0.4, 0.5) is 5.00 Å². The number of carbonyl (C=O) groups is 2. The number of hydrogen-bond acceptors (Lipinski definition) is 6. The molecule has 1 atom stereocenters. The van der Waals surface area contributed by atoms with Crippen molar-refractivity contribution < 1.29 is 14.3 Å². The molecule has 0 aliphatic carbocycles. The van der Waals surface area contributed by atoms with E-state index in [0.29, 0.717) is 18.7 Å². The summed E-state index contributed by atoms with van der Waals surface area (Å²) in [6.45, 7) is 2.70. The summed E-state index contributed by atoms with van der Waals surface area (Å²) in [5.41, 5.74) is 0.264. The van der Waals surface area contributed by atoms with Gasteiger partial charge in [-0.1, -0.05) is 0 Å². The van der Waals surface area contributed by atoms with Crippen LogP contribution in [0.3, 0.4) is 0 Å². The normalized spacial score (nSPS) is 25.7. The number of anilines is 1. The van der Waals surface area contributed by atoms with Crippen molar-refractivity contribution in [1.29, 1.82) is 5.26 Å². The maximum absolute atomic E-state index is 12.8. The number of rotatable bonds is 2. The van der Waals surface area contributed by atoms with Gasteiger partial charge in [0, 0.05) is 19.6 Å². The Hall–Kier alpha value is -1.62. The summed E-state index contributed by atoms with van der Waals surface area (Å²) in [5, 5.41) is 11.8. The third-order valence-corrected chi connectivity index (χ3v) is 6.57. The number of likely N-dealkylation sites (tertiary alicyclic amines) is 1. The van der Waals surface area contributed by atoms with Crippen LogP contribution in [0.1, 0.15) is 31.2 Å². The van der Waals surface area contributed by atoms with E-state index >= 15 is 0 Å². The number of carbonyl (C=O) groups excluding carboxylic acids is 2. The summed E-state index contributed by atoms with van der Waals surface area (Å²) in [5.74, 6) is 0.0256. The molecule has 0 radical (unpaired) electrons. The van der Waals surface area contributed by atoms with Gasteiger partial charge in [-0.2, -0.15) is 5.26 Å². The fraction of sp³-hybridized carbons (Fsp3) is 0.588. The Labute approximate surface area is 156 Å². The summed E-state index contributed by atoms with van der Waals surface area (Å²) in [7, 11) is 0. The van der Waals surface area contributed by atoms with Gasteiger partial charge in [-0.05, 0) is 37.1 Å². The van der Waals surface area contributed by atoms with Crippen LogP contribution in [-0.2, 0) is 14.3 Å². The molecule has 0 aromatic carbocycles. The lowest BCUT2D eigenvalue weighted by Gasteiger charge is -2.38. The van der Waals surface area contributed by atoms with Gasteiger partial charge in [0.25, 0.3) is 0 Å². The van der Waals surface area contributed by atoms with Crippen LogP contribution < -0.4 is 4.90 Å². The second kappa shape index (κ2) is 6.94. The van der Waals surface area contributed by atoms with Gasteiger partial charge in [0.15, 0.2) is 0 Å². The Morgan fingerprint density at radius 2 is 2.00 bits per heavy atom. The van der Waals surface area contributed by atoms with Crippen molar-refractivity contribution >= 4 is 40.6 Å². The first kappa shape index (κ1) is 18.2. The SMILES string of the molecule is Cl.N#Cc1ccsc1N1CCC(N2CCC3(CCOC3=O)CC2)C1=O. The van der Waals surface area contributed by atoms with Crippen LogP contribution in [0.2, 0.25) is 0 Å². The van der Waals surface area contributed by atoms with Crippen molar-refractivity contribution in [1.82, 2.24) is 4.90 Å². The fourth-order valence-electron chi connectivity index (χ4n) is 4.11. The number of cyclic esters (lactones) is 1. The number of ether oxygens (including phenoxy) is 1. The summed E-state index contributed by atoms with van der Waals surface area (Å²) in [6.07, 6.45) is 3.14. The second-order valence-electron chi connectivity index (χ2n) is 6.75. The van der Waals surface area contributed by atoms with Crippen molar-refractivity contribution in [2.24, 2.45) is 5.41 Å². The van der Waals surface area contributed by atoms with Crippen molar-refractivity contribution in [2.45, 2.75) is 31.7 Å². The molecule has 0 saturated carbocycles. The first-order valence-corrected chi connectivity index (χ1v) is 9.23. The van der Waals surface area contributed by atoms with E-state index in [1.54, 1.807) is 11.0 Å². The Kier molecular flexibility index (Phi) is 5.05. The molecule has 3 fully saturated rings. The summed E-state index contributed by atoms with van der Waals surface area (Å²) < 4.78 is 5.16. The number of halogens is 1. The number of nitriles is 1. The Morgan fingerprint density at radius 1 is 1.24 bits per heavy atom. The molecular formula is C17H20ClN3O3S. The number of piperidine rings is 1. The third-order valence-electron chi connectivity index (χ3n) is 5.63. The lowest BCUT2D eigenvalue weighted by molar-refractivity contribution is -0.148. The van der Waals surface area contributed by atoms with Gasteiger partial charge in [0.2, 0.25) is 5.91 Å². The molecule has 4 heterocycles. The number of thiophene rings is 1. The third kappa shape index (κ3) is 2.92. The largest absolute Gasteiger partial charge is 0.465 e. The van der Waals surface area contributed by atoms with E-state index in [1.807, 2.05) is 5.38 Å². The summed E-state index contributed by atoms with van der Waals surface area (Å²) in [6, 6.07) is 3.79. The molecule has 1 amide bonds. The van der Waals surface area contributed by atoms with Gasteiger partial charge in [-0.15, -0.1) is 23.7 Å². The summed E-state index contributed by atoms with van der Waals surface area (Å²) in [4.78, 5) is 28.8. The molecule has 3 aliphatic rings. The minimum atomic E-state index is -0.306. The van der Waals surface area contributed by atoms with Crippen LogP contribution in [0.25, 0.3) is 0 Å². The highest BCUT2D eigenvalue weighted by Crippen LogP contribution is 2.41. The zero-order valence-corrected chi connectivity index (χ0v) is 15.4. The Bertz CT molecular complexity index is 721. The fourth-order valence-corrected chi connectivity index (χ4v) is 4.99. The average Bonchev–Trinajstić information content (AvgIpc) is 3.29. The lowest BCUT2D eigenvalue weighted by Crippen LogP contribution is -2.49. The van der Waals surface area contributed by atoms with Crippen molar-refractivity contribution in [3.63, 3.8) is 0 Å². The first-order chi connectivity index (χ1) is 11.6. The van der Waals surface area contributed by atoms with E-state index in [9.17, 15) is 14.9 Å². The Morgan fingerprint density at radius 3 is 2.64 bits per heavy atom. The number of amides is 1. The standard InChI is InChI=1S/C17H19N3O3S.ClH/c18-11-12-2-10-24-15(12)20-6-1-13(14(20)21)19-7-3-17(4-8-19)5-9-23-16(17)22;/h2,10,13H,1,3-9H2;1H. The van der Waals surface area contributed by atoms with Crippen LogP contribution in [0.5, 0.6) is 0 Å². The first-order valence-electron chi connectivity index (χ1n) is 8.35. The van der Waals surface area contributed by atoms with Crippen LogP contribution in [-0.4, -0.2) is 49.1 Å². The number of hydrogen-bond donors (Lipinski definition) is 0. The van der Waals surface area contributed by atoms with E-state index in [2.05, 4.69) is 11.0 Å². The van der Waals surface area contributed by atoms with Crippen LogP contribution in [0.15, 0.2) is 11.4 Å². The quantitative estimate of drug-likeness (QED) is 0.734. The molecule has 1 aromatic heterocycles. The molecule has 0 bridgehead atoms. The highest BCUT2D eigenvalue weighted by atomic mass is 35.5. The molecule has 8 heteroatoms. The molecular weight excluding hydrogens is 362 g/mol. The monoisotopic (exact) mass is 381 g/mol. The van der Waals surface area contributed by atoms with Crippen molar-refractivity contribution in [2.75, 3.05) is 31.1 Å². The minimum absolute atomic E-state index is 0. The van der Waals surface area contributed by atoms with Gasteiger partial charge in [0.1, 0.15) is 11.1 Å².